The topological polar surface area (TPSA) is 32.6 Å². The molecule has 0 saturated heterocycles. The number of nitrogens with zero attached hydrogens (tertiary/aromatic N) is 1. The van der Waals surface area contributed by atoms with Gasteiger partial charge in [-0.3, -0.25) is 4.99 Å². The molecule has 0 spiro atoms. The van der Waals surface area contributed by atoms with Crippen LogP contribution in [0.15, 0.2) is 41.4 Å². The van der Waals surface area contributed by atoms with E-state index in [0.717, 1.165) is 10.9 Å². The molecule has 2 aromatic rings. The van der Waals surface area contributed by atoms with E-state index in [2.05, 4.69) is 74.6 Å². The molecule has 0 bridgehead atoms. The Bertz CT molecular complexity index is 821. The number of aromatic hydroxyl groups is 1. The maximum atomic E-state index is 11.0. The Labute approximate surface area is 190 Å². The molecule has 2 rings (SSSR count). The minimum atomic E-state index is -1.62. The second kappa shape index (κ2) is 11.5. The zero-order chi connectivity index (χ0) is 21.5. The molecule has 1 atom stereocenters. The Morgan fingerprint density at radius 3 is 2.04 bits per heavy atom. The van der Waals surface area contributed by atoms with Crippen molar-refractivity contribution < 1.29 is 22.1 Å². The summed E-state index contributed by atoms with van der Waals surface area (Å²) in [5.74, 6) is 0.516. The first-order valence-corrected chi connectivity index (χ1v) is 21.4. The van der Waals surface area contributed by atoms with Gasteiger partial charge in [0, 0.05) is 18.6 Å². The quantitative estimate of drug-likeness (QED) is 0.361. The summed E-state index contributed by atoms with van der Waals surface area (Å²) >= 11 is -0.556. The Balaban J connectivity index is 0.00000122. The van der Waals surface area contributed by atoms with Crippen molar-refractivity contribution in [3.05, 3.63) is 42.0 Å². The van der Waals surface area contributed by atoms with Crippen LogP contribution < -0.4 is 21.0 Å². The van der Waals surface area contributed by atoms with E-state index in [-0.39, 0.29) is 0 Å². The molecule has 28 heavy (non-hydrogen) atoms. The van der Waals surface area contributed by atoms with Gasteiger partial charge >= 0.3 is 35.6 Å². The van der Waals surface area contributed by atoms with Gasteiger partial charge < -0.3 is 5.11 Å². The summed E-state index contributed by atoms with van der Waals surface area (Å²) in [5, 5.41) is 16.0. The van der Waals surface area contributed by atoms with Gasteiger partial charge in [-0.15, -0.1) is 0 Å². The number of hydrogen-bond acceptors (Lipinski definition) is 2. The van der Waals surface area contributed by atoms with Crippen LogP contribution in [-0.2, 0) is 17.0 Å². The molecular weight excluding hydrogens is 476 g/mol. The number of benzene rings is 2. The Morgan fingerprint density at radius 2 is 1.54 bits per heavy atom. The predicted molar refractivity (Wildman–Crippen MR) is 133 cm³/mol. The fourth-order valence-electron chi connectivity index (χ4n) is 2.74. The molecule has 0 aliphatic heterocycles. The van der Waals surface area contributed by atoms with Crippen LogP contribution >= 0.6 is 27.2 Å². The summed E-state index contributed by atoms with van der Waals surface area (Å²) in [5.41, 5.74) is 1.13. The molecule has 0 aliphatic carbocycles. The van der Waals surface area contributed by atoms with Crippen molar-refractivity contribution >= 4 is 70.5 Å². The van der Waals surface area contributed by atoms with E-state index in [4.69, 9.17) is 18.6 Å². The monoisotopic (exact) mass is 505 g/mol. The van der Waals surface area contributed by atoms with Crippen LogP contribution in [0.5, 0.6) is 5.75 Å². The van der Waals surface area contributed by atoms with Gasteiger partial charge in [0.1, 0.15) is 5.75 Å². The van der Waals surface area contributed by atoms with E-state index in [9.17, 15) is 5.11 Å². The molecule has 1 N–H and O–H groups in total. The van der Waals surface area contributed by atoms with Gasteiger partial charge in [0.25, 0.3) is 0 Å². The third-order valence-corrected chi connectivity index (χ3v) is 9.68. The van der Waals surface area contributed by atoms with Gasteiger partial charge in [-0.05, 0) is 16.1 Å². The Kier molecular flexibility index (Phi) is 10.7. The van der Waals surface area contributed by atoms with Gasteiger partial charge in [0.15, 0.2) is 0 Å². The zero-order valence-electron chi connectivity index (χ0n) is 17.7. The van der Waals surface area contributed by atoms with E-state index in [1.54, 1.807) is 7.05 Å². The van der Waals surface area contributed by atoms with Crippen LogP contribution in [0.3, 0.4) is 0 Å². The van der Waals surface area contributed by atoms with Crippen LogP contribution in [0, 0.1) is 0 Å². The SMILES string of the molecule is CN=Cc1ccccc1Pc1cc([Si](C)(C)C)cc([Si](C)(C)C)c1O.[Cl][Ti][Cl]. The van der Waals surface area contributed by atoms with E-state index in [1.807, 2.05) is 12.3 Å². The molecule has 8 heteroatoms. The normalized spacial score (nSPS) is 12.3. The van der Waals surface area contributed by atoms with Crippen molar-refractivity contribution in [3.63, 3.8) is 0 Å². The van der Waals surface area contributed by atoms with Gasteiger partial charge in [0.05, 0.1) is 16.1 Å². The Morgan fingerprint density at radius 1 is 0.964 bits per heavy atom. The number of phenolic OH excluding ortho intramolecular Hbond substituents is 1. The molecule has 2 nitrogen and oxygen atoms in total. The number of phenols is 1. The third kappa shape index (κ3) is 7.72. The molecule has 0 heterocycles. The summed E-state index contributed by atoms with van der Waals surface area (Å²) < 4.78 is 0. The van der Waals surface area contributed by atoms with Crippen molar-refractivity contribution in [1.29, 1.82) is 0 Å². The summed E-state index contributed by atoms with van der Waals surface area (Å²) in [6, 6.07) is 12.9. The van der Waals surface area contributed by atoms with Crippen molar-refractivity contribution in [2.75, 3.05) is 7.05 Å². The zero-order valence-corrected chi connectivity index (χ0v) is 23.8. The molecule has 0 aromatic heterocycles. The fourth-order valence-corrected chi connectivity index (χ4v) is 6.99. The van der Waals surface area contributed by atoms with Crippen molar-refractivity contribution in [2.45, 2.75) is 39.3 Å². The molecule has 2 aromatic carbocycles. The van der Waals surface area contributed by atoms with Crippen LogP contribution in [-0.4, -0.2) is 34.5 Å². The maximum absolute atomic E-state index is 11.0. The summed E-state index contributed by atoms with van der Waals surface area (Å²) in [6.07, 6.45) is 1.90. The molecule has 0 aliphatic rings. The van der Waals surface area contributed by atoms with Crippen LogP contribution in [0.4, 0.5) is 0 Å². The van der Waals surface area contributed by atoms with Crippen molar-refractivity contribution in [2.24, 2.45) is 4.99 Å². The minimum absolute atomic E-state index is 0.438. The van der Waals surface area contributed by atoms with Gasteiger partial charge in [-0.2, -0.15) is 0 Å². The van der Waals surface area contributed by atoms with Crippen LogP contribution in [0.1, 0.15) is 5.56 Å². The summed E-state index contributed by atoms with van der Waals surface area (Å²) in [7, 11) is 8.94. The molecule has 0 amide bonds. The molecule has 0 fully saturated rings. The molecule has 0 radical (unpaired) electrons. The van der Waals surface area contributed by atoms with Crippen molar-refractivity contribution in [1.82, 2.24) is 0 Å². The first-order chi connectivity index (χ1) is 13.0. The predicted octanol–water partition coefficient (Wildman–Crippen LogP) is 4.54. The first-order valence-electron chi connectivity index (χ1n) is 9.08. The van der Waals surface area contributed by atoms with Gasteiger partial charge in [-0.1, -0.05) is 89.4 Å². The standard InChI is InChI=1S/C20H30NOPSi2.2ClH.Ti/c1-21-14-15-10-8-9-11-17(15)23-18-12-16(24(2,3)4)13-19(20(18)22)25(5,6)7;;;/h8-14,22-23H,1-7H3;2*1H;/q;;;+2/p-2. The fraction of sp³-hybridized carbons (Fsp3) is 0.350. The number of rotatable bonds is 5. The number of halogens is 2. The average Bonchev–Trinajstić information content (AvgIpc) is 2.57. The summed E-state index contributed by atoms with van der Waals surface area (Å²) in [4.78, 5) is 4.17. The van der Waals surface area contributed by atoms with Crippen molar-refractivity contribution in [3.8, 4) is 5.75 Å². The Hall–Kier alpha value is 0.0681. The molecule has 0 saturated carbocycles. The third-order valence-electron chi connectivity index (χ3n) is 4.28. The summed E-state index contributed by atoms with van der Waals surface area (Å²) in [6.45, 7) is 14.0. The second-order valence-corrected chi connectivity index (χ2v) is 22.6. The van der Waals surface area contributed by atoms with Gasteiger partial charge in [0.2, 0.25) is 0 Å². The van der Waals surface area contributed by atoms with E-state index < -0.39 is 33.2 Å². The molecule has 152 valence electrons. The second-order valence-electron chi connectivity index (χ2n) is 8.59. The number of hydrogen-bond donors (Lipinski definition) is 1. The first kappa shape index (κ1) is 26.1. The van der Waals surface area contributed by atoms with E-state index in [0.29, 0.717) is 14.3 Å². The average molecular weight is 506 g/mol. The molecule has 1 unspecified atom stereocenters. The van der Waals surface area contributed by atoms with E-state index in [1.165, 1.54) is 15.7 Å². The van der Waals surface area contributed by atoms with Crippen LogP contribution in [0.2, 0.25) is 39.3 Å². The van der Waals surface area contributed by atoms with Gasteiger partial charge in [-0.25, -0.2) is 0 Å². The van der Waals surface area contributed by atoms with E-state index >= 15 is 0 Å². The number of aliphatic imine (C=N–C) groups is 1. The van der Waals surface area contributed by atoms with Crippen LogP contribution in [0.25, 0.3) is 0 Å². The molecular formula is C20H30Cl2NOPSi2Ti.